The number of benzene rings is 2. The maximum absolute atomic E-state index is 12.7. The van der Waals surface area contributed by atoms with Gasteiger partial charge in [-0.15, -0.1) is 11.3 Å². The average molecular weight is 333 g/mol. The first kappa shape index (κ1) is 15.2. The Hall–Kier alpha value is -2.39. The van der Waals surface area contributed by atoms with Crippen molar-refractivity contribution >= 4 is 22.8 Å². The Bertz CT molecular complexity index is 882. The number of hydrogen-bond donors (Lipinski definition) is 0. The number of Topliss-reactive ketones (excluding diaryl/α,β-unsaturated/α-hetero) is 1. The lowest BCUT2D eigenvalue weighted by molar-refractivity contribution is 0.0999. The van der Waals surface area contributed by atoms with Crippen LogP contribution in [0.2, 0.25) is 0 Å². The van der Waals surface area contributed by atoms with Crippen molar-refractivity contribution in [3.63, 3.8) is 0 Å². The van der Waals surface area contributed by atoms with Gasteiger partial charge in [0.25, 0.3) is 0 Å². The van der Waals surface area contributed by atoms with Crippen LogP contribution in [0.15, 0.2) is 60.7 Å². The van der Waals surface area contributed by atoms with Crippen molar-refractivity contribution in [2.75, 3.05) is 18.0 Å². The molecule has 0 amide bonds. The molecule has 0 spiro atoms. The number of ketones is 1. The first-order valence-electron chi connectivity index (χ1n) is 8.24. The molecule has 0 radical (unpaired) electrons. The van der Waals surface area contributed by atoms with E-state index in [1.54, 1.807) is 0 Å². The second-order valence-corrected chi connectivity index (χ2v) is 7.45. The monoisotopic (exact) mass is 333 g/mol. The van der Waals surface area contributed by atoms with Crippen LogP contribution in [0.3, 0.4) is 0 Å². The van der Waals surface area contributed by atoms with Crippen molar-refractivity contribution in [3.8, 4) is 10.4 Å². The minimum Gasteiger partial charge on any atom is -0.363 e. The minimum atomic E-state index is 0.173. The van der Waals surface area contributed by atoms with E-state index in [1.165, 1.54) is 26.6 Å². The summed E-state index contributed by atoms with van der Waals surface area (Å²) in [6.45, 7) is 3.46. The van der Waals surface area contributed by atoms with Gasteiger partial charge in [-0.25, -0.2) is 0 Å². The number of carbonyl (C=O) groups excluding carboxylic acids is 1. The van der Waals surface area contributed by atoms with E-state index in [9.17, 15) is 4.79 Å². The molecule has 1 aromatic heterocycles. The lowest BCUT2D eigenvalue weighted by Crippen LogP contribution is -2.31. The van der Waals surface area contributed by atoms with E-state index in [2.05, 4.69) is 42.2 Å². The van der Waals surface area contributed by atoms with Gasteiger partial charge in [-0.1, -0.05) is 48.5 Å². The fourth-order valence-corrected chi connectivity index (χ4v) is 4.45. The molecule has 0 unspecified atom stereocenters. The average Bonchev–Trinajstić information content (AvgIpc) is 2.93. The van der Waals surface area contributed by atoms with E-state index >= 15 is 0 Å². The highest BCUT2D eigenvalue weighted by Gasteiger charge is 2.23. The number of para-hydroxylation sites is 1. The SMILES string of the molecule is Cc1cc2c(s1)-c1ccccc1N(CC(=O)c1ccccc1)CC2. The Kier molecular flexibility index (Phi) is 3.95. The third kappa shape index (κ3) is 2.76. The van der Waals surface area contributed by atoms with E-state index in [1.807, 2.05) is 41.7 Å². The first-order valence-corrected chi connectivity index (χ1v) is 9.06. The van der Waals surface area contributed by atoms with Crippen LogP contribution in [0, 0.1) is 6.92 Å². The lowest BCUT2D eigenvalue weighted by Gasteiger charge is -2.24. The highest BCUT2D eigenvalue weighted by atomic mass is 32.1. The Morgan fingerprint density at radius 2 is 1.83 bits per heavy atom. The summed E-state index contributed by atoms with van der Waals surface area (Å²) in [7, 11) is 0. The van der Waals surface area contributed by atoms with E-state index in [-0.39, 0.29) is 5.78 Å². The summed E-state index contributed by atoms with van der Waals surface area (Å²) >= 11 is 1.85. The van der Waals surface area contributed by atoms with E-state index in [0.717, 1.165) is 18.5 Å². The van der Waals surface area contributed by atoms with Crippen LogP contribution in [-0.4, -0.2) is 18.9 Å². The summed E-state index contributed by atoms with van der Waals surface area (Å²) in [5.74, 6) is 0.173. The lowest BCUT2D eigenvalue weighted by atomic mass is 10.1. The minimum absolute atomic E-state index is 0.173. The van der Waals surface area contributed by atoms with E-state index < -0.39 is 0 Å². The summed E-state index contributed by atoms with van der Waals surface area (Å²) < 4.78 is 0. The highest BCUT2D eigenvalue weighted by Crippen LogP contribution is 2.41. The molecule has 0 saturated carbocycles. The van der Waals surface area contributed by atoms with Crippen LogP contribution in [0.4, 0.5) is 5.69 Å². The van der Waals surface area contributed by atoms with Crippen molar-refractivity contribution in [1.82, 2.24) is 0 Å². The third-order valence-electron chi connectivity index (χ3n) is 4.50. The zero-order valence-corrected chi connectivity index (χ0v) is 14.5. The Morgan fingerprint density at radius 1 is 1.08 bits per heavy atom. The molecule has 2 nitrogen and oxygen atoms in total. The second kappa shape index (κ2) is 6.25. The number of hydrogen-bond acceptors (Lipinski definition) is 3. The van der Waals surface area contributed by atoms with Gasteiger partial charge in [-0.2, -0.15) is 0 Å². The molecule has 0 N–H and O–H groups in total. The fraction of sp³-hybridized carbons (Fsp3) is 0.190. The number of thiophene rings is 1. The quantitative estimate of drug-likeness (QED) is 0.631. The van der Waals surface area contributed by atoms with Gasteiger partial charge in [-0.05, 0) is 31.0 Å². The number of aryl methyl sites for hydroxylation is 1. The van der Waals surface area contributed by atoms with Crippen LogP contribution >= 0.6 is 11.3 Å². The Morgan fingerprint density at radius 3 is 2.67 bits per heavy atom. The molecular weight excluding hydrogens is 314 g/mol. The van der Waals surface area contributed by atoms with Gasteiger partial charge in [0.1, 0.15) is 0 Å². The molecule has 0 fully saturated rings. The summed E-state index contributed by atoms with van der Waals surface area (Å²) in [4.78, 5) is 17.6. The molecule has 1 aliphatic heterocycles. The summed E-state index contributed by atoms with van der Waals surface area (Å²) in [6.07, 6.45) is 0.983. The van der Waals surface area contributed by atoms with Gasteiger partial charge in [0.15, 0.2) is 5.78 Å². The van der Waals surface area contributed by atoms with Crippen molar-refractivity contribution in [2.45, 2.75) is 13.3 Å². The second-order valence-electron chi connectivity index (χ2n) is 6.19. The predicted octanol–water partition coefficient (Wildman–Crippen LogP) is 4.97. The van der Waals surface area contributed by atoms with Crippen LogP contribution < -0.4 is 4.90 Å². The van der Waals surface area contributed by atoms with Crippen molar-refractivity contribution in [3.05, 3.63) is 76.7 Å². The normalized spacial score (nSPS) is 13.1. The Balaban J connectivity index is 1.69. The number of carbonyl (C=O) groups is 1. The van der Waals surface area contributed by atoms with Gasteiger partial charge in [0.2, 0.25) is 0 Å². The molecular formula is C21H19NOS. The largest absolute Gasteiger partial charge is 0.363 e. The topological polar surface area (TPSA) is 20.3 Å². The molecule has 0 bridgehead atoms. The van der Waals surface area contributed by atoms with E-state index in [4.69, 9.17) is 0 Å². The molecule has 0 atom stereocenters. The molecule has 2 aromatic carbocycles. The van der Waals surface area contributed by atoms with Crippen molar-refractivity contribution in [1.29, 1.82) is 0 Å². The van der Waals surface area contributed by atoms with Gasteiger partial charge in [0, 0.05) is 33.1 Å². The zero-order chi connectivity index (χ0) is 16.5. The highest BCUT2D eigenvalue weighted by molar-refractivity contribution is 7.15. The molecule has 2 heterocycles. The van der Waals surface area contributed by atoms with Crippen LogP contribution in [0.5, 0.6) is 0 Å². The third-order valence-corrected chi connectivity index (χ3v) is 5.63. The summed E-state index contributed by atoms with van der Waals surface area (Å²) in [5, 5.41) is 0. The molecule has 120 valence electrons. The number of anilines is 1. The molecule has 4 rings (SSSR count). The first-order chi connectivity index (χ1) is 11.7. The van der Waals surface area contributed by atoms with Crippen LogP contribution in [0.25, 0.3) is 10.4 Å². The standard InChI is InChI=1S/C21H19NOS/c1-15-13-17-11-12-22(14-20(23)16-7-3-2-4-8-16)19-10-6-5-9-18(19)21(17)24-15/h2-10,13H,11-12,14H2,1H3. The Labute approximate surface area is 146 Å². The van der Waals surface area contributed by atoms with Gasteiger partial charge in [0.05, 0.1) is 6.54 Å². The van der Waals surface area contributed by atoms with Gasteiger partial charge >= 0.3 is 0 Å². The summed E-state index contributed by atoms with van der Waals surface area (Å²) in [6, 6.07) is 20.3. The molecule has 0 saturated heterocycles. The molecule has 3 aromatic rings. The molecule has 1 aliphatic rings. The van der Waals surface area contributed by atoms with E-state index in [0.29, 0.717) is 6.54 Å². The van der Waals surface area contributed by atoms with Crippen molar-refractivity contribution in [2.24, 2.45) is 0 Å². The maximum atomic E-state index is 12.7. The predicted molar refractivity (Wildman–Crippen MR) is 101 cm³/mol. The van der Waals surface area contributed by atoms with Gasteiger partial charge in [-0.3, -0.25) is 4.79 Å². The molecule has 0 aliphatic carbocycles. The maximum Gasteiger partial charge on any atom is 0.182 e. The van der Waals surface area contributed by atoms with Crippen LogP contribution in [-0.2, 0) is 6.42 Å². The number of fused-ring (bicyclic) bond motifs is 3. The molecule has 24 heavy (non-hydrogen) atoms. The number of rotatable bonds is 3. The van der Waals surface area contributed by atoms with Crippen LogP contribution in [0.1, 0.15) is 20.8 Å². The zero-order valence-electron chi connectivity index (χ0n) is 13.7. The van der Waals surface area contributed by atoms with Crippen molar-refractivity contribution < 1.29 is 4.79 Å². The summed E-state index contributed by atoms with van der Waals surface area (Å²) in [5.41, 5.74) is 4.61. The fourth-order valence-electron chi connectivity index (χ4n) is 3.35. The van der Waals surface area contributed by atoms with Gasteiger partial charge < -0.3 is 4.90 Å². The smallest absolute Gasteiger partial charge is 0.182 e. The number of nitrogens with zero attached hydrogens (tertiary/aromatic N) is 1. The molecule has 3 heteroatoms.